The summed E-state index contributed by atoms with van der Waals surface area (Å²) in [5, 5.41) is 8.56. The van der Waals surface area contributed by atoms with E-state index in [4.69, 9.17) is 9.84 Å². The number of aliphatic carboxylic acids is 1. The standard InChI is InChI=1S/C10H17NO4/c1-8(7-10(13)14)6-9(12)11-2-4-15-5-3-11/h8H,2-7H2,1H3,(H,13,14)/t8-/m1/s1. The van der Waals surface area contributed by atoms with Gasteiger partial charge in [-0.05, 0) is 5.92 Å². The van der Waals surface area contributed by atoms with Gasteiger partial charge >= 0.3 is 5.97 Å². The third-order valence-electron chi connectivity index (χ3n) is 2.41. The van der Waals surface area contributed by atoms with Crippen LogP contribution >= 0.6 is 0 Å². The Morgan fingerprint density at radius 1 is 1.33 bits per heavy atom. The Bertz CT molecular complexity index is 236. The molecule has 5 heteroatoms. The van der Waals surface area contributed by atoms with Gasteiger partial charge in [-0.3, -0.25) is 9.59 Å². The summed E-state index contributed by atoms with van der Waals surface area (Å²) in [7, 11) is 0. The molecule has 15 heavy (non-hydrogen) atoms. The van der Waals surface area contributed by atoms with Gasteiger partial charge < -0.3 is 14.7 Å². The van der Waals surface area contributed by atoms with E-state index in [-0.39, 0.29) is 18.2 Å². The van der Waals surface area contributed by atoms with E-state index in [0.717, 1.165) is 0 Å². The Kier molecular flexibility index (Phi) is 4.55. The predicted octanol–water partition coefficient (Wildman–Crippen LogP) is 0.346. The van der Waals surface area contributed by atoms with E-state index < -0.39 is 5.97 Å². The fourth-order valence-corrected chi connectivity index (χ4v) is 1.61. The quantitative estimate of drug-likeness (QED) is 0.734. The van der Waals surface area contributed by atoms with Gasteiger partial charge in [-0.15, -0.1) is 0 Å². The van der Waals surface area contributed by atoms with Crippen molar-refractivity contribution in [2.45, 2.75) is 19.8 Å². The third-order valence-corrected chi connectivity index (χ3v) is 2.41. The van der Waals surface area contributed by atoms with Gasteiger partial charge in [-0.25, -0.2) is 0 Å². The maximum absolute atomic E-state index is 11.7. The minimum atomic E-state index is -0.850. The highest BCUT2D eigenvalue weighted by molar-refractivity contribution is 5.77. The van der Waals surface area contributed by atoms with Crippen molar-refractivity contribution in [2.24, 2.45) is 5.92 Å². The van der Waals surface area contributed by atoms with Crippen molar-refractivity contribution in [2.75, 3.05) is 26.3 Å². The van der Waals surface area contributed by atoms with Crippen LogP contribution in [-0.4, -0.2) is 48.2 Å². The topological polar surface area (TPSA) is 66.8 Å². The van der Waals surface area contributed by atoms with Crippen molar-refractivity contribution in [1.29, 1.82) is 0 Å². The SMILES string of the molecule is C[C@@H](CC(=O)O)CC(=O)N1CCOCC1. The zero-order valence-electron chi connectivity index (χ0n) is 8.94. The van der Waals surface area contributed by atoms with Crippen LogP contribution in [0.15, 0.2) is 0 Å². The second kappa shape index (κ2) is 5.70. The zero-order valence-corrected chi connectivity index (χ0v) is 8.94. The molecule has 1 fully saturated rings. The highest BCUT2D eigenvalue weighted by atomic mass is 16.5. The van der Waals surface area contributed by atoms with Crippen LogP contribution in [0.5, 0.6) is 0 Å². The lowest BCUT2D eigenvalue weighted by Crippen LogP contribution is -2.41. The number of hydrogen-bond donors (Lipinski definition) is 1. The molecular weight excluding hydrogens is 198 g/mol. The minimum Gasteiger partial charge on any atom is -0.481 e. The molecule has 0 spiro atoms. The number of carboxylic acids is 1. The molecule has 0 saturated carbocycles. The number of hydrogen-bond acceptors (Lipinski definition) is 3. The molecule has 0 radical (unpaired) electrons. The number of rotatable bonds is 4. The largest absolute Gasteiger partial charge is 0.481 e. The molecule has 1 heterocycles. The number of amides is 1. The third kappa shape index (κ3) is 4.29. The number of carbonyl (C=O) groups excluding carboxylic acids is 1. The van der Waals surface area contributed by atoms with E-state index in [0.29, 0.717) is 32.7 Å². The van der Waals surface area contributed by atoms with E-state index in [9.17, 15) is 9.59 Å². The molecular formula is C10H17NO4. The van der Waals surface area contributed by atoms with Crippen molar-refractivity contribution in [3.8, 4) is 0 Å². The first-order chi connectivity index (χ1) is 7.09. The van der Waals surface area contributed by atoms with Gasteiger partial charge in [0.25, 0.3) is 0 Å². The summed E-state index contributed by atoms with van der Waals surface area (Å²) in [6, 6.07) is 0. The molecule has 0 bridgehead atoms. The molecule has 1 rings (SSSR count). The molecule has 0 unspecified atom stereocenters. The van der Waals surface area contributed by atoms with Crippen LogP contribution in [0.4, 0.5) is 0 Å². The van der Waals surface area contributed by atoms with E-state index in [2.05, 4.69) is 0 Å². The Morgan fingerprint density at radius 2 is 1.93 bits per heavy atom. The molecule has 1 N–H and O–H groups in total. The molecule has 1 atom stereocenters. The first-order valence-corrected chi connectivity index (χ1v) is 5.17. The van der Waals surface area contributed by atoms with Crippen LogP contribution in [-0.2, 0) is 14.3 Å². The molecule has 0 aliphatic carbocycles. The second-order valence-corrected chi connectivity index (χ2v) is 3.90. The molecule has 1 saturated heterocycles. The fraction of sp³-hybridized carbons (Fsp3) is 0.800. The van der Waals surface area contributed by atoms with Crippen LogP contribution in [0.1, 0.15) is 19.8 Å². The Labute approximate surface area is 89.0 Å². The summed E-state index contributed by atoms with van der Waals surface area (Å²) >= 11 is 0. The van der Waals surface area contributed by atoms with E-state index in [1.807, 2.05) is 0 Å². The number of nitrogens with zero attached hydrogens (tertiary/aromatic N) is 1. The summed E-state index contributed by atoms with van der Waals surface area (Å²) < 4.78 is 5.13. The van der Waals surface area contributed by atoms with Gasteiger partial charge in [-0.1, -0.05) is 6.92 Å². The lowest BCUT2D eigenvalue weighted by molar-refractivity contribution is -0.139. The Balaban J connectivity index is 2.30. The van der Waals surface area contributed by atoms with E-state index in [1.165, 1.54) is 0 Å². The van der Waals surface area contributed by atoms with Crippen molar-refractivity contribution < 1.29 is 19.4 Å². The number of carboxylic acid groups (broad SMARTS) is 1. The molecule has 1 aliphatic heterocycles. The zero-order chi connectivity index (χ0) is 11.3. The summed E-state index contributed by atoms with van der Waals surface area (Å²) in [4.78, 5) is 23.8. The number of carbonyl (C=O) groups is 2. The highest BCUT2D eigenvalue weighted by Gasteiger charge is 2.19. The van der Waals surface area contributed by atoms with E-state index in [1.54, 1.807) is 11.8 Å². The Morgan fingerprint density at radius 3 is 2.47 bits per heavy atom. The maximum atomic E-state index is 11.7. The number of morpholine rings is 1. The van der Waals surface area contributed by atoms with Gasteiger partial charge in [0.2, 0.25) is 5.91 Å². The van der Waals surface area contributed by atoms with Gasteiger partial charge in [0.1, 0.15) is 0 Å². The van der Waals surface area contributed by atoms with Gasteiger partial charge in [-0.2, -0.15) is 0 Å². The molecule has 0 aromatic carbocycles. The average molecular weight is 215 g/mol. The van der Waals surface area contributed by atoms with Gasteiger partial charge in [0.05, 0.1) is 13.2 Å². The molecule has 5 nitrogen and oxygen atoms in total. The lowest BCUT2D eigenvalue weighted by Gasteiger charge is -2.27. The van der Waals surface area contributed by atoms with Crippen LogP contribution in [0.25, 0.3) is 0 Å². The summed E-state index contributed by atoms with van der Waals surface area (Å²) in [5.41, 5.74) is 0. The lowest BCUT2D eigenvalue weighted by atomic mass is 10.0. The van der Waals surface area contributed by atoms with Crippen LogP contribution in [0, 0.1) is 5.92 Å². The van der Waals surface area contributed by atoms with Gasteiger partial charge in [0, 0.05) is 25.9 Å². The van der Waals surface area contributed by atoms with Crippen molar-refractivity contribution in [1.82, 2.24) is 4.90 Å². The first kappa shape index (κ1) is 12.0. The molecule has 1 amide bonds. The minimum absolute atomic E-state index is 0.0343. The average Bonchev–Trinajstić information content (AvgIpc) is 2.17. The number of ether oxygens (including phenoxy) is 1. The predicted molar refractivity (Wildman–Crippen MR) is 53.4 cm³/mol. The van der Waals surface area contributed by atoms with Crippen LogP contribution in [0.2, 0.25) is 0 Å². The fourth-order valence-electron chi connectivity index (χ4n) is 1.61. The summed E-state index contributed by atoms with van der Waals surface area (Å²) in [6.45, 7) is 4.20. The van der Waals surface area contributed by atoms with Crippen molar-refractivity contribution >= 4 is 11.9 Å². The second-order valence-electron chi connectivity index (χ2n) is 3.90. The van der Waals surface area contributed by atoms with Crippen LogP contribution in [0.3, 0.4) is 0 Å². The van der Waals surface area contributed by atoms with Crippen molar-refractivity contribution in [3.63, 3.8) is 0 Å². The smallest absolute Gasteiger partial charge is 0.303 e. The summed E-state index contributed by atoms with van der Waals surface area (Å²) in [5.74, 6) is -0.915. The summed E-state index contributed by atoms with van der Waals surface area (Å²) in [6.07, 6.45) is 0.363. The monoisotopic (exact) mass is 215 g/mol. The molecule has 1 aliphatic rings. The molecule has 86 valence electrons. The van der Waals surface area contributed by atoms with Gasteiger partial charge in [0.15, 0.2) is 0 Å². The first-order valence-electron chi connectivity index (χ1n) is 5.17. The highest BCUT2D eigenvalue weighted by Crippen LogP contribution is 2.10. The van der Waals surface area contributed by atoms with Crippen molar-refractivity contribution in [3.05, 3.63) is 0 Å². The normalized spacial score (nSPS) is 18.6. The maximum Gasteiger partial charge on any atom is 0.303 e. The van der Waals surface area contributed by atoms with Crippen LogP contribution < -0.4 is 0 Å². The van der Waals surface area contributed by atoms with E-state index >= 15 is 0 Å². The molecule has 0 aromatic rings. The Hall–Kier alpha value is -1.10. The molecule has 0 aromatic heterocycles.